The smallest absolute Gasteiger partial charge is 0.271 e. The molecule has 0 aliphatic carbocycles. The summed E-state index contributed by atoms with van der Waals surface area (Å²) in [4.78, 5) is 11.7. The van der Waals surface area contributed by atoms with Gasteiger partial charge in [0.25, 0.3) is 5.91 Å². The molecular formula is C11H20N4O2. The largest absolute Gasteiger partial charge is 0.396 e. The Kier molecular flexibility index (Phi) is 4.96. The molecule has 0 fully saturated rings. The number of ether oxygens (including phenoxy) is 1. The Bertz CT molecular complexity index is 354. The van der Waals surface area contributed by atoms with Crippen molar-refractivity contribution in [3.8, 4) is 0 Å². The van der Waals surface area contributed by atoms with Gasteiger partial charge in [-0.2, -0.15) is 5.10 Å². The normalized spacial score (nSPS) is 10.8. The van der Waals surface area contributed by atoms with Gasteiger partial charge in [-0.05, 0) is 5.92 Å². The second-order valence-corrected chi connectivity index (χ2v) is 4.30. The molecule has 0 atom stereocenters. The molecule has 0 spiro atoms. The van der Waals surface area contributed by atoms with Gasteiger partial charge in [-0.1, -0.05) is 13.8 Å². The maximum absolute atomic E-state index is 11.7. The van der Waals surface area contributed by atoms with Gasteiger partial charge >= 0.3 is 0 Å². The average Bonchev–Trinajstić information content (AvgIpc) is 2.57. The van der Waals surface area contributed by atoms with Crippen molar-refractivity contribution < 1.29 is 9.53 Å². The van der Waals surface area contributed by atoms with Crippen molar-refractivity contribution in [3.05, 3.63) is 11.9 Å². The highest BCUT2D eigenvalue weighted by atomic mass is 16.5. The zero-order chi connectivity index (χ0) is 12.8. The first kappa shape index (κ1) is 13.5. The fourth-order valence-electron chi connectivity index (χ4n) is 1.37. The molecule has 3 N–H and O–H groups in total. The van der Waals surface area contributed by atoms with Gasteiger partial charge in [0.1, 0.15) is 5.69 Å². The molecule has 0 aliphatic rings. The number of anilines is 1. The number of carbonyl (C=O) groups is 1. The number of aromatic nitrogens is 2. The fraction of sp³-hybridized carbons (Fsp3) is 0.636. The van der Waals surface area contributed by atoms with E-state index in [9.17, 15) is 4.79 Å². The highest BCUT2D eigenvalue weighted by Crippen LogP contribution is 2.08. The van der Waals surface area contributed by atoms with Crippen molar-refractivity contribution in [2.45, 2.75) is 13.8 Å². The molecule has 1 amide bonds. The number of hydrogen-bond donors (Lipinski definition) is 2. The van der Waals surface area contributed by atoms with Gasteiger partial charge < -0.3 is 15.8 Å². The van der Waals surface area contributed by atoms with Gasteiger partial charge in [-0.25, -0.2) is 0 Å². The Labute approximate surface area is 101 Å². The first-order valence-corrected chi connectivity index (χ1v) is 5.65. The van der Waals surface area contributed by atoms with E-state index in [0.29, 0.717) is 37.1 Å². The van der Waals surface area contributed by atoms with Crippen LogP contribution in [-0.2, 0) is 11.8 Å². The number of amides is 1. The minimum atomic E-state index is -0.226. The summed E-state index contributed by atoms with van der Waals surface area (Å²) in [7, 11) is 1.68. The van der Waals surface area contributed by atoms with Gasteiger partial charge in [-0.15, -0.1) is 0 Å². The molecule has 96 valence electrons. The molecule has 0 bridgehead atoms. The molecule has 1 rings (SSSR count). The molecule has 1 aromatic rings. The molecule has 0 radical (unpaired) electrons. The summed E-state index contributed by atoms with van der Waals surface area (Å²) in [5.41, 5.74) is 6.40. The summed E-state index contributed by atoms with van der Waals surface area (Å²) < 4.78 is 6.81. The second-order valence-electron chi connectivity index (χ2n) is 4.30. The minimum absolute atomic E-state index is 0.226. The van der Waals surface area contributed by atoms with E-state index in [1.165, 1.54) is 10.9 Å². The van der Waals surface area contributed by atoms with Gasteiger partial charge in [0, 0.05) is 20.2 Å². The second kappa shape index (κ2) is 6.24. The summed E-state index contributed by atoms with van der Waals surface area (Å²) in [6.07, 6.45) is 1.46. The van der Waals surface area contributed by atoms with Crippen LogP contribution in [0.15, 0.2) is 6.20 Å². The van der Waals surface area contributed by atoms with E-state index in [-0.39, 0.29) is 5.91 Å². The fourth-order valence-corrected chi connectivity index (χ4v) is 1.37. The average molecular weight is 240 g/mol. The third-order valence-electron chi connectivity index (χ3n) is 2.17. The maximum atomic E-state index is 11.7. The van der Waals surface area contributed by atoms with Crippen molar-refractivity contribution in [2.75, 3.05) is 25.5 Å². The number of nitrogens with one attached hydrogen (secondary N) is 1. The summed E-state index contributed by atoms with van der Waals surface area (Å²) >= 11 is 0. The maximum Gasteiger partial charge on any atom is 0.271 e. The highest BCUT2D eigenvalue weighted by molar-refractivity contribution is 5.97. The van der Waals surface area contributed by atoms with Crippen molar-refractivity contribution in [1.82, 2.24) is 15.1 Å². The van der Waals surface area contributed by atoms with Crippen molar-refractivity contribution in [3.63, 3.8) is 0 Å². The molecule has 0 unspecified atom stereocenters. The predicted octanol–water partition coefficient (Wildman–Crippen LogP) is 0.405. The summed E-state index contributed by atoms with van der Waals surface area (Å²) in [6.45, 7) is 5.82. The lowest BCUT2D eigenvalue weighted by atomic mass is 10.2. The monoisotopic (exact) mass is 240 g/mol. The molecule has 0 aromatic carbocycles. The highest BCUT2D eigenvalue weighted by Gasteiger charge is 2.13. The number of nitrogen functional groups attached to an aromatic ring is 1. The van der Waals surface area contributed by atoms with Gasteiger partial charge in [0.15, 0.2) is 0 Å². The van der Waals surface area contributed by atoms with Gasteiger partial charge in [-0.3, -0.25) is 9.48 Å². The van der Waals surface area contributed by atoms with E-state index >= 15 is 0 Å². The predicted molar refractivity (Wildman–Crippen MR) is 65.6 cm³/mol. The van der Waals surface area contributed by atoms with Gasteiger partial charge in [0.05, 0.1) is 18.5 Å². The van der Waals surface area contributed by atoms with Crippen LogP contribution in [0.25, 0.3) is 0 Å². The van der Waals surface area contributed by atoms with E-state index in [2.05, 4.69) is 24.3 Å². The molecule has 0 aliphatic heterocycles. The van der Waals surface area contributed by atoms with Crippen LogP contribution in [-0.4, -0.2) is 35.4 Å². The Morgan fingerprint density at radius 2 is 2.35 bits per heavy atom. The van der Waals surface area contributed by atoms with Gasteiger partial charge in [0.2, 0.25) is 0 Å². The van der Waals surface area contributed by atoms with Crippen LogP contribution in [0.4, 0.5) is 5.69 Å². The Morgan fingerprint density at radius 1 is 1.65 bits per heavy atom. The van der Waals surface area contributed by atoms with Crippen LogP contribution in [0.2, 0.25) is 0 Å². The lowest BCUT2D eigenvalue weighted by Gasteiger charge is -2.08. The van der Waals surface area contributed by atoms with Crippen LogP contribution in [0.1, 0.15) is 24.3 Å². The third kappa shape index (κ3) is 4.07. The van der Waals surface area contributed by atoms with Crippen LogP contribution in [0.5, 0.6) is 0 Å². The molecule has 6 nitrogen and oxygen atoms in total. The van der Waals surface area contributed by atoms with Crippen molar-refractivity contribution >= 4 is 11.6 Å². The quantitative estimate of drug-likeness (QED) is 0.705. The van der Waals surface area contributed by atoms with E-state index in [1.54, 1.807) is 7.05 Å². The summed E-state index contributed by atoms with van der Waals surface area (Å²) in [5.74, 6) is 0.272. The number of hydrogen-bond acceptors (Lipinski definition) is 4. The van der Waals surface area contributed by atoms with E-state index in [4.69, 9.17) is 10.5 Å². The Hall–Kier alpha value is -1.56. The van der Waals surface area contributed by atoms with Crippen LogP contribution in [0.3, 0.4) is 0 Å². The summed E-state index contributed by atoms with van der Waals surface area (Å²) in [5, 5.41) is 6.64. The van der Waals surface area contributed by atoms with E-state index in [0.717, 1.165) is 0 Å². The number of carbonyl (C=O) groups excluding carboxylic acids is 1. The summed E-state index contributed by atoms with van der Waals surface area (Å²) in [6, 6.07) is 0. The number of aryl methyl sites for hydroxylation is 1. The van der Waals surface area contributed by atoms with Crippen LogP contribution >= 0.6 is 0 Å². The van der Waals surface area contributed by atoms with E-state index in [1.807, 2.05) is 0 Å². The zero-order valence-electron chi connectivity index (χ0n) is 10.6. The Balaban J connectivity index is 2.31. The number of rotatable bonds is 6. The lowest BCUT2D eigenvalue weighted by molar-refractivity contribution is 0.0879. The number of nitrogens with two attached hydrogens (primary N) is 1. The molecule has 0 saturated carbocycles. The standard InChI is InChI=1S/C11H20N4O2/c1-8(2)7-17-5-4-13-11(16)10-9(12)6-14-15(10)3/h6,8H,4-5,7,12H2,1-3H3,(H,13,16). The lowest BCUT2D eigenvalue weighted by Crippen LogP contribution is -2.29. The molecule has 6 heteroatoms. The minimum Gasteiger partial charge on any atom is -0.396 e. The van der Waals surface area contributed by atoms with E-state index < -0.39 is 0 Å². The van der Waals surface area contributed by atoms with Crippen LogP contribution in [0, 0.1) is 5.92 Å². The first-order valence-electron chi connectivity index (χ1n) is 5.65. The Morgan fingerprint density at radius 3 is 2.88 bits per heavy atom. The number of nitrogens with zero attached hydrogens (tertiary/aromatic N) is 2. The molecule has 1 aromatic heterocycles. The molecule has 17 heavy (non-hydrogen) atoms. The zero-order valence-corrected chi connectivity index (χ0v) is 10.6. The molecule has 1 heterocycles. The van der Waals surface area contributed by atoms with Crippen molar-refractivity contribution in [1.29, 1.82) is 0 Å². The van der Waals surface area contributed by atoms with Crippen molar-refractivity contribution in [2.24, 2.45) is 13.0 Å². The molecular weight excluding hydrogens is 220 g/mol. The topological polar surface area (TPSA) is 82.2 Å². The molecule has 0 saturated heterocycles. The first-order chi connectivity index (χ1) is 8.02. The SMILES string of the molecule is CC(C)COCCNC(=O)c1c(N)cnn1C. The van der Waals surface area contributed by atoms with Crippen LogP contribution < -0.4 is 11.1 Å². The third-order valence-corrected chi connectivity index (χ3v) is 2.17.